The van der Waals surface area contributed by atoms with Crippen molar-refractivity contribution in [2.24, 2.45) is 0 Å². The van der Waals surface area contributed by atoms with Gasteiger partial charge in [-0.15, -0.1) is 0 Å². The van der Waals surface area contributed by atoms with Crippen LogP contribution in [0.5, 0.6) is 23.0 Å². The highest BCUT2D eigenvalue weighted by Gasteiger charge is 2.16. The third-order valence-electron chi connectivity index (χ3n) is 4.09. The first kappa shape index (κ1) is 19.8. The third kappa shape index (κ3) is 5.27. The van der Waals surface area contributed by atoms with Gasteiger partial charge in [0.1, 0.15) is 23.0 Å². The molecule has 3 aromatic rings. The molecular formula is C23H20N2O4. The molecule has 0 aliphatic carbocycles. The first-order valence-corrected chi connectivity index (χ1v) is 8.97. The summed E-state index contributed by atoms with van der Waals surface area (Å²) in [6, 6.07) is 23.0. The molecule has 0 aliphatic heterocycles. The SMILES string of the molecule is COc1ccccc1NC(=O)C(C)Oc1ccc(Oc2ccc(C#N)cc2)cc1. The first-order valence-electron chi connectivity index (χ1n) is 8.97. The highest BCUT2D eigenvalue weighted by molar-refractivity contribution is 5.95. The van der Waals surface area contributed by atoms with Gasteiger partial charge in [-0.1, -0.05) is 12.1 Å². The Kier molecular flexibility index (Phi) is 6.33. The van der Waals surface area contributed by atoms with Gasteiger partial charge in [0.05, 0.1) is 24.4 Å². The van der Waals surface area contributed by atoms with Gasteiger partial charge in [-0.3, -0.25) is 4.79 Å². The number of nitrogens with one attached hydrogen (secondary N) is 1. The topological polar surface area (TPSA) is 80.6 Å². The fraction of sp³-hybridized carbons (Fsp3) is 0.130. The number of nitriles is 1. The Hall–Kier alpha value is -3.98. The Morgan fingerprint density at radius 2 is 1.52 bits per heavy atom. The number of benzene rings is 3. The summed E-state index contributed by atoms with van der Waals surface area (Å²) in [7, 11) is 1.55. The number of hydrogen-bond acceptors (Lipinski definition) is 5. The van der Waals surface area contributed by atoms with Crippen LogP contribution >= 0.6 is 0 Å². The molecule has 3 rings (SSSR count). The van der Waals surface area contributed by atoms with Gasteiger partial charge in [0, 0.05) is 0 Å². The summed E-state index contributed by atoms with van der Waals surface area (Å²) in [6.45, 7) is 1.67. The molecule has 0 saturated carbocycles. The second-order valence-corrected chi connectivity index (χ2v) is 6.16. The quantitative estimate of drug-likeness (QED) is 0.631. The molecule has 1 atom stereocenters. The molecule has 6 heteroatoms. The minimum Gasteiger partial charge on any atom is -0.495 e. The van der Waals surface area contributed by atoms with Crippen LogP contribution in [0.2, 0.25) is 0 Å². The molecule has 3 aromatic carbocycles. The lowest BCUT2D eigenvalue weighted by Gasteiger charge is -2.16. The number of methoxy groups -OCH3 is 1. The highest BCUT2D eigenvalue weighted by Crippen LogP contribution is 2.26. The van der Waals surface area contributed by atoms with Gasteiger partial charge in [0.2, 0.25) is 0 Å². The molecule has 1 unspecified atom stereocenters. The molecule has 6 nitrogen and oxygen atoms in total. The first-order chi connectivity index (χ1) is 14.1. The van der Waals surface area contributed by atoms with Crippen LogP contribution in [0, 0.1) is 11.3 Å². The number of para-hydroxylation sites is 2. The van der Waals surface area contributed by atoms with Gasteiger partial charge in [-0.05, 0) is 67.6 Å². The van der Waals surface area contributed by atoms with E-state index in [1.165, 1.54) is 0 Å². The lowest BCUT2D eigenvalue weighted by atomic mass is 10.2. The van der Waals surface area contributed by atoms with Crippen LogP contribution in [0.25, 0.3) is 0 Å². The van der Waals surface area contributed by atoms with E-state index < -0.39 is 6.10 Å². The predicted molar refractivity (Wildman–Crippen MR) is 109 cm³/mol. The van der Waals surface area contributed by atoms with Crippen LogP contribution in [0.3, 0.4) is 0 Å². The maximum Gasteiger partial charge on any atom is 0.265 e. The minimum absolute atomic E-state index is 0.285. The number of amides is 1. The number of rotatable bonds is 7. The summed E-state index contributed by atoms with van der Waals surface area (Å²) in [4.78, 5) is 12.4. The fourth-order valence-electron chi connectivity index (χ4n) is 2.56. The van der Waals surface area contributed by atoms with Gasteiger partial charge >= 0.3 is 0 Å². The maximum absolute atomic E-state index is 12.4. The monoisotopic (exact) mass is 388 g/mol. The maximum atomic E-state index is 12.4. The Morgan fingerprint density at radius 3 is 2.14 bits per heavy atom. The minimum atomic E-state index is -0.704. The van der Waals surface area contributed by atoms with Crippen LogP contribution in [-0.2, 0) is 4.79 Å². The molecular weight excluding hydrogens is 368 g/mol. The van der Waals surface area contributed by atoms with Crippen LogP contribution in [0.15, 0.2) is 72.8 Å². The molecule has 29 heavy (non-hydrogen) atoms. The molecule has 0 aliphatic rings. The zero-order chi connectivity index (χ0) is 20.6. The number of nitrogens with zero attached hydrogens (tertiary/aromatic N) is 1. The Morgan fingerprint density at radius 1 is 0.931 bits per heavy atom. The molecule has 0 fully saturated rings. The van der Waals surface area contributed by atoms with Gasteiger partial charge in [0.15, 0.2) is 6.10 Å². The molecule has 146 valence electrons. The van der Waals surface area contributed by atoms with Crippen LogP contribution in [-0.4, -0.2) is 19.1 Å². The average molecular weight is 388 g/mol. The lowest BCUT2D eigenvalue weighted by Crippen LogP contribution is -2.30. The van der Waals surface area contributed by atoms with Crippen LogP contribution in [0.1, 0.15) is 12.5 Å². The largest absolute Gasteiger partial charge is 0.495 e. The van der Waals surface area contributed by atoms with Gasteiger partial charge in [-0.2, -0.15) is 5.26 Å². The normalized spacial score (nSPS) is 11.1. The van der Waals surface area contributed by atoms with Gasteiger partial charge in [-0.25, -0.2) is 0 Å². The van der Waals surface area contributed by atoms with Crippen molar-refractivity contribution in [2.45, 2.75) is 13.0 Å². The summed E-state index contributed by atoms with van der Waals surface area (Å²) in [5, 5.41) is 11.6. The third-order valence-corrected chi connectivity index (χ3v) is 4.09. The number of ether oxygens (including phenoxy) is 3. The molecule has 0 radical (unpaired) electrons. The van der Waals surface area contributed by atoms with E-state index in [1.807, 2.05) is 12.1 Å². The summed E-state index contributed by atoms with van der Waals surface area (Å²) in [5.74, 6) is 2.08. The van der Waals surface area contributed by atoms with E-state index in [-0.39, 0.29) is 5.91 Å². The van der Waals surface area contributed by atoms with Crippen molar-refractivity contribution in [2.75, 3.05) is 12.4 Å². The van der Waals surface area contributed by atoms with Crippen molar-refractivity contribution < 1.29 is 19.0 Å². The highest BCUT2D eigenvalue weighted by atomic mass is 16.5. The van der Waals surface area contributed by atoms with E-state index in [9.17, 15) is 4.79 Å². The number of carbonyl (C=O) groups excluding carboxylic acids is 1. The second-order valence-electron chi connectivity index (χ2n) is 6.16. The van der Waals surface area contributed by atoms with Crippen LogP contribution in [0.4, 0.5) is 5.69 Å². The van der Waals surface area contributed by atoms with Crippen molar-refractivity contribution in [3.8, 4) is 29.1 Å². The van der Waals surface area contributed by atoms with Crippen molar-refractivity contribution >= 4 is 11.6 Å². The van der Waals surface area contributed by atoms with E-state index in [0.29, 0.717) is 34.2 Å². The molecule has 0 saturated heterocycles. The zero-order valence-corrected chi connectivity index (χ0v) is 16.1. The number of hydrogen-bond donors (Lipinski definition) is 1. The summed E-state index contributed by atoms with van der Waals surface area (Å²) >= 11 is 0. The standard InChI is InChI=1S/C23H20N2O4/c1-16(23(26)25-21-5-3-4-6-22(21)27-2)28-18-11-13-20(14-12-18)29-19-9-7-17(15-24)8-10-19/h3-14,16H,1-2H3,(H,25,26). The summed E-state index contributed by atoms with van der Waals surface area (Å²) in [6.07, 6.45) is -0.704. The second kappa shape index (κ2) is 9.29. The molecule has 1 amide bonds. The average Bonchev–Trinajstić information content (AvgIpc) is 2.76. The molecule has 1 N–H and O–H groups in total. The predicted octanol–water partition coefficient (Wildman–Crippen LogP) is 4.77. The lowest BCUT2D eigenvalue weighted by molar-refractivity contribution is -0.122. The van der Waals surface area contributed by atoms with E-state index in [1.54, 1.807) is 74.7 Å². The smallest absolute Gasteiger partial charge is 0.265 e. The molecule has 0 bridgehead atoms. The van der Waals surface area contributed by atoms with Crippen molar-refractivity contribution in [1.82, 2.24) is 0 Å². The summed E-state index contributed by atoms with van der Waals surface area (Å²) < 4.78 is 16.7. The van der Waals surface area contributed by atoms with Crippen molar-refractivity contribution in [3.63, 3.8) is 0 Å². The zero-order valence-electron chi connectivity index (χ0n) is 16.1. The number of carbonyl (C=O) groups is 1. The van der Waals surface area contributed by atoms with Crippen LogP contribution < -0.4 is 19.5 Å². The Balaban J connectivity index is 1.58. The summed E-state index contributed by atoms with van der Waals surface area (Å²) in [5.41, 5.74) is 1.16. The van der Waals surface area contributed by atoms with Gasteiger partial charge < -0.3 is 19.5 Å². The van der Waals surface area contributed by atoms with E-state index in [0.717, 1.165) is 0 Å². The number of anilines is 1. The molecule has 0 aromatic heterocycles. The Labute approximate surface area is 169 Å². The Bertz CT molecular complexity index is 1010. The van der Waals surface area contributed by atoms with Crippen molar-refractivity contribution in [1.29, 1.82) is 5.26 Å². The van der Waals surface area contributed by atoms with E-state index >= 15 is 0 Å². The van der Waals surface area contributed by atoms with E-state index in [2.05, 4.69) is 11.4 Å². The van der Waals surface area contributed by atoms with Crippen molar-refractivity contribution in [3.05, 3.63) is 78.4 Å². The molecule has 0 heterocycles. The van der Waals surface area contributed by atoms with E-state index in [4.69, 9.17) is 19.5 Å². The fourth-order valence-corrected chi connectivity index (χ4v) is 2.56. The molecule has 0 spiro atoms. The van der Waals surface area contributed by atoms with Gasteiger partial charge in [0.25, 0.3) is 5.91 Å².